The number of thiazole rings is 1. The van der Waals surface area contributed by atoms with Crippen LogP contribution >= 0.6 is 11.3 Å². The van der Waals surface area contributed by atoms with Crippen LogP contribution in [-0.4, -0.2) is 30.6 Å². The van der Waals surface area contributed by atoms with Crippen LogP contribution in [0.2, 0.25) is 0 Å². The topological polar surface area (TPSA) is 77.5 Å². The van der Waals surface area contributed by atoms with Gasteiger partial charge in [0.1, 0.15) is 10.6 Å². The minimum Gasteiger partial charge on any atom is -0.497 e. The highest BCUT2D eigenvalue weighted by Gasteiger charge is 2.16. The van der Waals surface area contributed by atoms with Gasteiger partial charge < -0.3 is 9.47 Å². The van der Waals surface area contributed by atoms with Gasteiger partial charge in [0.05, 0.1) is 19.4 Å². The summed E-state index contributed by atoms with van der Waals surface area (Å²) in [6.45, 7) is 3.73. The molecule has 0 aliphatic rings. The molecule has 1 amide bonds. The van der Waals surface area contributed by atoms with E-state index in [9.17, 15) is 9.59 Å². The zero-order valence-electron chi connectivity index (χ0n) is 13.7. The lowest BCUT2D eigenvalue weighted by atomic mass is 10.2. The summed E-state index contributed by atoms with van der Waals surface area (Å²) in [5.74, 6) is -0.00175. The van der Waals surface area contributed by atoms with Crippen molar-refractivity contribution in [2.24, 2.45) is 0 Å². The Hall–Kier alpha value is -2.67. The van der Waals surface area contributed by atoms with Gasteiger partial charge in [-0.1, -0.05) is 23.5 Å². The molecule has 1 aromatic carbocycles. The molecular formula is C17H18N2O4S. The molecule has 0 spiro atoms. The van der Waals surface area contributed by atoms with Crippen molar-refractivity contribution >= 4 is 34.4 Å². The number of nitrogens with one attached hydrogen (secondary N) is 1. The summed E-state index contributed by atoms with van der Waals surface area (Å²) in [4.78, 5) is 28.3. The molecule has 1 heterocycles. The highest BCUT2D eigenvalue weighted by molar-refractivity contribution is 7.17. The summed E-state index contributed by atoms with van der Waals surface area (Å²) < 4.78 is 10.0. The fraction of sp³-hybridized carbons (Fsp3) is 0.235. The minimum absolute atomic E-state index is 0.294. The second-order valence-corrected chi connectivity index (χ2v) is 5.75. The SMILES string of the molecule is CCOC(=O)c1sc(NC(=O)C=Cc2ccc(OC)cc2)nc1C. The van der Waals surface area contributed by atoms with Gasteiger partial charge in [-0.3, -0.25) is 10.1 Å². The number of amides is 1. The molecule has 24 heavy (non-hydrogen) atoms. The molecule has 2 aromatic rings. The fourth-order valence-corrected chi connectivity index (χ4v) is 2.73. The summed E-state index contributed by atoms with van der Waals surface area (Å²) in [5, 5.41) is 3.00. The van der Waals surface area contributed by atoms with Crippen molar-refractivity contribution in [3.63, 3.8) is 0 Å². The maximum Gasteiger partial charge on any atom is 0.350 e. The Morgan fingerprint density at radius 3 is 2.62 bits per heavy atom. The molecule has 1 N–H and O–H groups in total. The molecule has 0 bridgehead atoms. The number of hydrogen-bond acceptors (Lipinski definition) is 6. The van der Waals surface area contributed by atoms with Crippen LogP contribution < -0.4 is 10.1 Å². The number of aryl methyl sites for hydroxylation is 1. The predicted octanol–water partition coefficient (Wildman–Crippen LogP) is 3.29. The molecule has 7 heteroatoms. The Morgan fingerprint density at radius 2 is 2.00 bits per heavy atom. The number of ether oxygens (including phenoxy) is 2. The molecule has 0 atom stereocenters. The van der Waals surface area contributed by atoms with E-state index in [0.29, 0.717) is 22.3 Å². The number of hydrogen-bond donors (Lipinski definition) is 1. The molecule has 0 saturated heterocycles. The number of carbonyl (C=O) groups is 2. The molecule has 0 aliphatic heterocycles. The summed E-state index contributed by atoms with van der Waals surface area (Å²) in [7, 11) is 1.60. The average molecular weight is 346 g/mol. The molecule has 6 nitrogen and oxygen atoms in total. The van der Waals surface area contributed by atoms with Gasteiger partial charge in [0, 0.05) is 6.08 Å². The molecular weight excluding hydrogens is 328 g/mol. The van der Waals surface area contributed by atoms with E-state index in [4.69, 9.17) is 9.47 Å². The second kappa shape index (κ2) is 8.26. The number of methoxy groups -OCH3 is 1. The summed E-state index contributed by atoms with van der Waals surface area (Å²) >= 11 is 1.09. The quantitative estimate of drug-likeness (QED) is 0.641. The van der Waals surface area contributed by atoms with Crippen molar-refractivity contribution in [1.82, 2.24) is 4.98 Å². The zero-order chi connectivity index (χ0) is 17.5. The lowest BCUT2D eigenvalue weighted by Crippen LogP contribution is -2.07. The second-order valence-electron chi connectivity index (χ2n) is 4.75. The van der Waals surface area contributed by atoms with Crippen molar-refractivity contribution in [2.45, 2.75) is 13.8 Å². The third-order valence-electron chi connectivity index (χ3n) is 3.03. The maximum absolute atomic E-state index is 12.0. The Morgan fingerprint density at radius 1 is 1.29 bits per heavy atom. The van der Waals surface area contributed by atoms with Crippen LogP contribution in [0.1, 0.15) is 27.9 Å². The molecule has 0 fully saturated rings. The highest BCUT2D eigenvalue weighted by atomic mass is 32.1. The summed E-state index contributed by atoms with van der Waals surface area (Å²) in [6.07, 6.45) is 3.09. The van der Waals surface area contributed by atoms with Gasteiger partial charge in [-0.15, -0.1) is 0 Å². The first-order chi connectivity index (χ1) is 11.5. The van der Waals surface area contributed by atoms with Crippen LogP contribution in [-0.2, 0) is 9.53 Å². The standard InChI is InChI=1S/C17H18N2O4S/c1-4-23-16(21)15-11(2)18-17(24-15)19-14(20)10-7-12-5-8-13(22-3)9-6-12/h5-10H,4H2,1-3H3,(H,18,19,20). The summed E-state index contributed by atoms with van der Waals surface area (Å²) in [6, 6.07) is 7.31. The van der Waals surface area contributed by atoms with Gasteiger partial charge in [0.15, 0.2) is 5.13 Å². The Kier molecular flexibility index (Phi) is 6.08. The van der Waals surface area contributed by atoms with Crippen molar-refractivity contribution < 1.29 is 19.1 Å². The smallest absolute Gasteiger partial charge is 0.350 e. The number of anilines is 1. The first-order valence-electron chi connectivity index (χ1n) is 7.31. The van der Waals surface area contributed by atoms with Crippen LogP contribution in [0.15, 0.2) is 30.3 Å². The molecule has 0 aliphatic carbocycles. The van der Waals surface area contributed by atoms with Crippen molar-refractivity contribution in [3.8, 4) is 5.75 Å². The number of rotatable bonds is 6. The van der Waals surface area contributed by atoms with Gasteiger partial charge in [0.2, 0.25) is 5.91 Å². The van der Waals surface area contributed by atoms with E-state index in [0.717, 1.165) is 22.6 Å². The Balaban J connectivity index is 2.00. The van der Waals surface area contributed by atoms with Gasteiger partial charge >= 0.3 is 5.97 Å². The van der Waals surface area contributed by atoms with E-state index < -0.39 is 5.97 Å². The number of carbonyl (C=O) groups excluding carboxylic acids is 2. The third-order valence-corrected chi connectivity index (χ3v) is 4.08. The predicted molar refractivity (Wildman–Crippen MR) is 93.5 cm³/mol. The first kappa shape index (κ1) is 17.7. The minimum atomic E-state index is -0.429. The van der Waals surface area contributed by atoms with E-state index in [1.165, 1.54) is 6.08 Å². The van der Waals surface area contributed by atoms with Gasteiger partial charge in [-0.05, 0) is 37.6 Å². The van der Waals surface area contributed by atoms with Crippen LogP contribution in [0.25, 0.3) is 6.08 Å². The molecule has 1 aromatic heterocycles. The van der Waals surface area contributed by atoms with Crippen molar-refractivity contribution in [3.05, 3.63) is 46.5 Å². The first-order valence-corrected chi connectivity index (χ1v) is 8.12. The van der Waals surface area contributed by atoms with E-state index in [-0.39, 0.29) is 5.91 Å². The number of aromatic nitrogens is 1. The fourth-order valence-electron chi connectivity index (χ4n) is 1.87. The van der Waals surface area contributed by atoms with Gasteiger partial charge in [-0.25, -0.2) is 9.78 Å². The molecule has 2 rings (SSSR count). The maximum atomic E-state index is 12.0. The number of nitrogens with zero attached hydrogens (tertiary/aromatic N) is 1. The summed E-state index contributed by atoms with van der Waals surface area (Å²) in [5.41, 5.74) is 1.40. The Bertz CT molecular complexity index is 750. The lowest BCUT2D eigenvalue weighted by molar-refractivity contribution is -0.111. The van der Waals surface area contributed by atoms with E-state index in [2.05, 4.69) is 10.3 Å². The van der Waals surface area contributed by atoms with Crippen LogP contribution in [0.3, 0.4) is 0 Å². The zero-order valence-corrected chi connectivity index (χ0v) is 14.5. The van der Waals surface area contributed by atoms with E-state index in [1.54, 1.807) is 27.0 Å². The largest absolute Gasteiger partial charge is 0.497 e. The number of esters is 1. The molecule has 0 saturated carbocycles. The normalized spacial score (nSPS) is 10.6. The van der Waals surface area contributed by atoms with E-state index in [1.807, 2.05) is 24.3 Å². The van der Waals surface area contributed by atoms with Gasteiger partial charge in [0.25, 0.3) is 0 Å². The van der Waals surface area contributed by atoms with Crippen LogP contribution in [0.5, 0.6) is 5.75 Å². The van der Waals surface area contributed by atoms with Crippen LogP contribution in [0, 0.1) is 6.92 Å². The van der Waals surface area contributed by atoms with Crippen molar-refractivity contribution in [2.75, 3.05) is 19.0 Å². The van der Waals surface area contributed by atoms with Crippen molar-refractivity contribution in [1.29, 1.82) is 0 Å². The van der Waals surface area contributed by atoms with Gasteiger partial charge in [-0.2, -0.15) is 0 Å². The average Bonchev–Trinajstić information content (AvgIpc) is 2.94. The molecule has 126 valence electrons. The molecule has 0 unspecified atom stereocenters. The number of benzene rings is 1. The molecule has 0 radical (unpaired) electrons. The highest BCUT2D eigenvalue weighted by Crippen LogP contribution is 2.23. The Labute approximate surface area is 144 Å². The lowest BCUT2D eigenvalue weighted by Gasteiger charge is -1.99. The van der Waals surface area contributed by atoms with E-state index >= 15 is 0 Å². The van der Waals surface area contributed by atoms with Crippen LogP contribution in [0.4, 0.5) is 5.13 Å². The monoisotopic (exact) mass is 346 g/mol. The third kappa shape index (κ3) is 4.66.